The van der Waals surface area contributed by atoms with Crippen LogP contribution in [0.1, 0.15) is 41.0 Å². The smallest absolute Gasteiger partial charge is 0.278 e. The molecule has 3 heterocycles. The van der Waals surface area contributed by atoms with Gasteiger partial charge in [-0.3, -0.25) is 10.1 Å². The topological polar surface area (TPSA) is 77.0 Å². The van der Waals surface area contributed by atoms with Crippen LogP contribution in [-0.2, 0) is 11.2 Å². The van der Waals surface area contributed by atoms with E-state index in [0.717, 1.165) is 28.5 Å². The zero-order valence-corrected chi connectivity index (χ0v) is 12.0. The lowest BCUT2D eigenvalue weighted by molar-refractivity contribution is -0.00316. The number of carbonyl (C=O) groups excluding carboxylic acids is 1. The van der Waals surface area contributed by atoms with Gasteiger partial charge in [0.15, 0.2) is 10.8 Å². The molecule has 1 aliphatic heterocycles. The fraction of sp³-hybridized carbons (Fsp3) is 0.455. The summed E-state index contributed by atoms with van der Waals surface area (Å²) < 4.78 is 9.41. The summed E-state index contributed by atoms with van der Waals surface area (Å²) in [6.07, 6.45) is 0.975. The number of carbonyl (C=O) groups is 1. The summed E-state index contributed by atoms with van der Waals surface area (Å²) in [6, 6.07) is 0. The van der Waals surface area contributed by atoms with Crippen LogP contribution in [0.5, 0.6) is 0 Å². The van der Waals surface area contributed by atoms with Gasteiger partial charge >= 0.3 is 0 Å². The molecule has 2 atom stereocenters. The molecule has 3 rings (SSSR count). The number of anilines is 1. The van der Waals surface area contributed by atoms with Gasteiger partial charge in [-0.15, -0.1) is 5.10 Å². The summed E-state index contributed by atoms with van der Waals surface area (Å²) in [6.45, 7) is 4.03. The molecule has 0 spiro atoms. The van der Waals surface area contributed by atoms with E-state index in [4.69, 9.17) is 4.74 Å². The summed E-state index contributed by atoms with van der Waals surface area (Å²) in [4.78, 5) is 17.4. The number of nitrogens with zero attached hydrogens (tertiary/aromatic N) is 3. The second-order valence-corrected chi connectivity index (χ2v) is 6.01. The quantitative estimate of drug-likeness (QED) is 0.920. The van der Waals surface area contributed by atoms with Gasteiger partial charge in [0.25, 0.3) is 5.91 Å². The van der Waals surface area contributed by atoms with E-state index in [2.05, 4.69) is 19.9 Å². The first-order chi connectivity index (χ1) is 9.13. The van der Waals surface area contributed by atoms with Crippen LogP contribution < -0.4 is 5.32 Å². The summed E-state index contributed by atoms with van der Waals surface area (Å²) in [5, 5.41) is 8.68. The summed E-state index contributed by atoms with van der Waals surface area (Å²) in [5.74, 6) is -0.276. The molecule has 1 amide bonds. The molecule has 2 aromatic rings. The number of fused-ring (bicyclic) bond motifs is 1. The highest BCUT2D eigenvalue weighted by Gasteiger charge is 2.26. The number of thiazole rings is 1. The second-order valence-electron chi connectivity index (χ2n) is 4.37. The molecular weight excluding hydrogens is 284 g/mol. The Morgan fingerprint density at radius 2 is 2.37 bits per heavy atom. The van der Waals surface area contributed by atoms with Gasteiger partial charge in [-0.1, -0.05) is 15.8 Å². The van der Waals surface area contributed by atoms with Gasteiger partial charge in [0.05, 0.1) is 22.8 Å². The number of rotatable bonds is 2. The van der Waals surface area contributed by atoms with Gasteiger partial charge in [-0.2, -0.15) is 0 Å². The van der Waals surface area contributed by atoms with Crippen molar-refractivity contribution in [3.05, 3.63) is 21.6 Å². The molecule has 0 saturated carbocycles. The lowest BCUT2D eigenvalue weighted by Gasteiger charge is -2.23. The third-order valence-corrected chi connectivity index (χ3v) is 4.51. The van der Waals surface area contributed by atoms with Crippen LogP contribution in [0.2, 0.25) is 0 Å². The number of amides is 1. The molecule has 2 aromatic heterocycles. The Balaban J connectivity index is 1.80. The highest BCUT2D eigenvalue weighted by Crippen LogP contribution is 2.36. The molecule has 6 nitrogen and oxygen atoms in total. The van der Waals surface area contributed by atoms with E-state index >= 15 is 0 Å². The Bertz CT molecular complexity index is 596. The van der Waals surface area contributed by atoms with Crippen LogP contribution in [-0.4, -0.2) is 26.6 Å². The maximum absolute atomic E-state index is 11.9. The van der Waals surface area contributed by atoms with Crippen molar-refractivity contribution >= 4 is 33.9 Å². The van der Waals surface area contributed by atoms with Gasteiger partial charge in [0, 0.05) is 11.8 Å². The minimum atomic E-state index is -0.276. The van der Waals surface area contributed by atoms with E-state index < -0.39 is 0 Å². The molecular formula is C11H12N4O2S2. The molecule has 8 heteroatoms. The minimum Gasteiger partial charge on any atom is -0.370 e. The Kier molecular flexibility index (Phi) is 3.29. The highest BCUT2D eigenvalue weighted by atomic mass is 32.1. The number of hydrogen-bond donors (Lipinski definition) is 1. The van der Waals surface area contributed by atoms with Crippen LogP contribution in [0, 0.1) is 0 Å². The Labute approximate surface area is 118 Å². The zero-order chi connectivity index (χ0) is 13.4. The SMILES string of the molecule is C[C@@H]1Cc2nc(NC(=O)c3csnn3)sc2[C@H](C)O1. The van der Waals surface area contributed by atoms with Crippen LogP contribution in [0.25, 0.3) is 0 Å². The fourth-order valence-electron chi connectivity index (χ4n) is 2.04. The first kappa shape index (κ1) is 12.6. The average molecular weight is 296 g/mol. The second kappa shape index (κ2) is 4.95. The predicted molar refractivity (Wildman–Crippen MR) is 72.6 cm³/mol. The molecule has 0 aliphatic carbocycles. The van der Waals surface area contributed by atoms with Crippen LogP contribution in [0.15, 0.2) is 5.38 Å². The van der Waals surface area contributed by atoms with Gasteiger partial charge in [0.1, 0.15) is 0 Å². The lowest BCUT2D eigenvalue weighted by atomic mass is 10.1. The normalized spacial score (nSPS) is 22.0. The number of ether oxygens (including phenoxy) is 1. The average Bonchev–Trinajstić information content (AvgIpc) is 2.96. The lowest BCUT2D eigenvalue weighted by Crippen LogP contribution is -2.20. The first-order valence-electron chi connectivity index (χ1n) is 5.87. The summed E-state index contributed by atoms with van der Waals surface area (Å²) >= 11 is 2.61. The van der Waals surface area contributed by atoms with Gasteiger partial charge < -0.3 is 4.74 Å². The van der Waals surface area contributed by atoms with Gasteiger partial charge in [0.2, 0.25) is 0 Å². The summed E-state index contributed by atoms with van der Waals surface area (Å²) in [7, 11) is 0. The maximum Gasteiger partial charge on any atom is 0.278 e. The molecule has 100 valence electrons. The van der Waals surface area contributed by atoms with Crippen molar-refractivity contribution in [2.24, 2.45) is 0 Å². The molecule has 0 aromatic carbocycles. The predicted octanol–water partition coefficient (Wildman–Crippen LogP) is 2.27. The number of nitrogens with one attached hydrogen (secondary N) is 1. The maximum atomic E-state index is 11.9. The third kappa shape index (κ3) is 2.51. The highest BCUT2D eigenvalue weighted by molar-refractivity contribution is 7.16. The van der Waals surface area contributed by atoms with E-state index in [1.165, 1.54) is 11.3 Å². The zero-order valence-electron chi connectivity index (χ0n) is 10.4. The number of aromatic nitrogens is 3. The molecule has 1 aliphatic rings. The molecule has 0 saturated heterocycles. The van der Waals surface area contributed by atoms with Gasteiger partial charge in [-0.25, -0.2) is 4.98 Å². The molecule has 0 unspecified atom stereocenters. The van der Waals surface area contributed by atoms with Crippen LogP contribution in [0.4, 0.5) is 5.13 Å². The van der Waals surface area contributed by atoms with Crippen LogP contribution >= 0.6 is 22.9 Å². The van der Waals surface area contributed by atoms with E-state index in [9.17, 15) is 4.79 Å². The third-order valence-electron chi connectivity index (χ3n) is 2.83. The minimum absolute atomic E-state index is 0.0304. The number of hydrogen-bond acceptors (Lipinski definition) is 7. The van der Waals surface area contributed by atoms with Crippen LogP contribution in [0.3, 0.4) is 0 Å². The molecule has 1 N–H and O–H groups in total. The van der Waals surface area contributed by atoms with Crippen molar-refractivity contribution in [3.8, 4) is 0 Å². The van der Waals surface area contributed by atoms with Crippen molar-refractivity contribution < 1.29 is 9.53 Å². The molecule has 0 fully saturated rings. The Morgan fingerprint density at radius 3 is 3.11 bits per heavy atom. The standard InChI is InChI=1S/C11H12N4O2S2/c1-5-3-7-9(6(2)17-5)19-11(12-7)13-10(16)8-4-18-15-14-8/h4-6H,3H2,1-2H3,(H,12,13,16)/t5-,6+/m1/s1. The summed E-state index contributed by atoms with van der Waals surface area (Å²) in [5.41, 5.74) is 1.33. The largest absolute Gasteiger partial charge is 0.370 e. The fourth-order valence-corrected chi connectivity index (χ4v) is 3.45. The first-order valence-corrected chi connectivity index (χ1v) is 7.52. The van der Waals surface area contributed by atoms with Crippen molar-refractivity contribution in [2.45, 2.75) is 32.5 Å². The molecule has 0 bridgehead atoms. The van der Waals surface area contributed by atoms with E-state index in [-0.39, 0.29) is 18.1 Å². The van der Waals surface area contributed by atoms with Gasteiger partial charge in [-0.05, 0) is 25.4 Å². The van der Waals surface area contributed by atoms with Crippen molar-refractivity contribution in [2.75, 3.05) is 5.32 Å². The Morgan fingerprint density at radius 1 is 1.53 bits per heavy atom. The molecule has 19 heavy (non-hydrogen) atoms. The van der Waals surface area contributed by atoms with E-state index in [1.54, 1.807) is 5.38 Å². The van der Waals surface area contributed by atoms with Crippen molar-refractivity contribution in [1.29, 1.82) is 0 Å². The molecule has 0 radical (unpaired) electrons. The van der Waals surface area contributed by atoms with Crippen molar-refractivity contribution in [1.82, 2.24) is 14.6 Å². The Hall–Kier alpha value is -1.38. The monoisotopic (exact) mass is 296 g/mol. The van der Waals surface area contributed by atoms with Crippen molar-refractivity contribution in [3.63, 3.8) is 0 Å². The van der Waals surface area contributed by atoms with E-state index in [1.807, 2.05) is 13.8 Å². The van der Waals surface area contributed by atoms with E-state index in [0.29, 0.717) is 10.8 Å².